The minimum absolute atomic E-state index is 0.0358. The molecule has 8 nitrogen and oxygen atoms in total. The van der Waals surface area contributed by atoms with Crippen LogP contribution in [-0.4, -0.2) is 36.0 Å². The SMILES string of the molecule is CNS(=O)(=O)c1ccc(C(OS(C)(=O)=O)C(N)=O)cc1. The van der Waals surface area contributed by atoms with Crippen molar-refractivity contribution in [3.8, 4) is 0 Å². The van der Waals surface area contributed by atoms with Crippen molar-refractivity contribution in [3.63, 3.8) is 0 Å². The number of carbonyl (C=O) groups excluding carboxylic acids is 1. The molecule has 3 N–H and O–H groups in total. The van der Waals surface area contributed by atoms with Gasteiger partial charge in [-0.3, -0.25) is 8.98 Å². The van der Waals surface area contributed by atoms with Gasteiger partial charge in [0, 0.05) is 0 Å². The van der Waals surface area contributed by atoms with Gasteiger partial charge in [-0.2, -0.15) is 8.42 Å². The highest BCUT2D eigenvalue weighted by atomic mass is 32.2. The monoisotopic (exact) mass is 322 g/mol. The lowest BCUT2D eigenvalue weighted by Gasteiger charge is -2.13. The molecule has 0 radical (unpaired) electrons. The molecule has 1 rings (SSSR count). The van der Waals surface area contributed by atoms with Crippen LogP contribution in [-0.2, 0) is 29.1 Å². The van der Waals surface area contributed by atoms with Gasteiger partial charge in [0.2, 0.25) is 10.0 Å². The molecule has 112 valence electrons. The van der Waals surface area contributed by atoms with Gasteiger partial charge in [-0.1, -0.05) is 12.1 Å². The number of nitrogens with two attached hydrogens (primary N) is 1. The summed E-state index contributed by atoms with van der Waals surface area (Å²) in [5, 5.41) is 0. The molecule has 0 fully saturated rings. The van der Waals surface area contributed by atoms with E-state index in [1.165, 1.54) is 31.3 Å². The molecule has 1 atom stereocenters. The molecule has 1 aromatic rings. The van der Waals surface area contributed by atoms with Crippen molar-refractivity contribution in [1.29, 1.82) is 0 Å². The van der Waals surface area contributed by atoms with Crippen LogP contribution < -0.4 is 10.5 Å². The maximum Gasteiger partial charge on any atom is 0.265 e. The number of rotatable bonds is 6. The third kappa shape index (κ3) is 4.27. The van der Waals surface area contributed by atoms with E-state index in [1.807, 2.05) is 0 Å². The van der Waals surface area contributed by atoms with Crippen LogP contribution in [0, 0.1) is 0 Å². The van der Waals surface area contributed by atoms with E-state index in [4.69, 9.17) is 5.73 Å². The Kier molecular flexibility index (Phi) is 4.86. The average Bonchev–Trinajstić information content (AvgIpc) is 2.35. The molecule has 0 heterocycles. The Morgan fingerprint density at radius 2 is 1.70 bits per heavy atom. The lowest BCUT2D eigenvalue weighted by atomic mass is 10.1. The number of carbonyl (C=O) groups is 1. The number of sulfonamides is 1. The molecule has 0 aliphatic heterocycles. The molecule has 1 amide bonds. The van der Waals surface area contributed by atoms with Crippen LogP contribution in [0.5, 0.6) is 0 Å². The molecule has 0 saturated carbocycles. The first-order chi connectivity index (χ1) is 9.07. The minimum atomic E-state index is -3.89. The fourth-order valence-electron chi connectivity index (χ4n) is 1.38. The van der Waals surface area contributed by atoms with Crippen molar-refractivity contribution < 1.29 is 25.8 Å². The molecule has 0 aliphatic rings. The normalized spacial score (nSPS) is 13.9. The standard InChI is InChI=1S/C10H14N2O6S2/c1-12-20(16,17)8-5-3-7(4-6-8)9(10(11)13)18-19(2,14)15/h3-6,9,12H,1-2H3,(H2,11,13). The summed E-state index contributed by atoms with van der Waals surface area (Å²) in [6, 6.07) is 4.93. The zero-order valence-electron chi connectivity index (χ0n) is 10.7. The van der Waals surface area contributed by atoms with Crippen LogP contribution in [0.1, 0.15) is 11.7 Å². The van der Waals surface area contributed by atoms with Gasteiger partial charge >= 0.3 is 0 Å². The summed E-state index contributed by atoms with van der Waals surface area (Å²) >= 11 is 0. The van der Waals surface area contributed by atoms with Crippen molar-refractivity contribution in [2.24, 2.45) is 5.73 Å². The van der Waals surface area contributed by atoms with E-state index in [2.05, 4.69) is 8.91 Å². The van der Waals surface area contributed by atoms with Gasteiger partial charge in [0.05, 0.1) is 11.2 Å². The second-order valence-corrected chi connectivity index (χ2v) is 7.35. The van der Waals surface area contributed by atoms with Crippen LogP contribution in [0.15, 0.2) is 29.2 Å². The fraction of sp³-hybridized carbons (Fsp3) is 0.300. The van der Waals surface area contributed by atoms with Gasteiger partial charge in [0.25, 0.3) is 16.0 Å². The quantitative estimate of drug-likeness (QED) is 0.652. The Bertz CT molecular complexity index is 694. The summed E-state index contributed by atoms with van der Waals surface area (Å²) < 4.78 is 51.8. The number of nitrogens with one attached hydrogen (secondary N) is 1. The summed E-state index contributed by atoms with van der Waals surface area (Å²) in [5.74, 6) is -1.00. The molecule has 0 saturated heterocycles. The van der Waals surface area contributed by atoms with E-state index < -0.39 is 32.2 Å². The largest absolute Gasteiger partial charge is 0.367 e. The van der Waals surface area contributed by atoms with E-state index >= 15 is 0 Å². The highest BCUT2D eigenvalue weighted by molar-refractivity contribution is 7.89. The van der Waals surface area contributed by atoms with Gasteiger partial charge in [-0.05, 0) is 24.7 Å². The molecule has 0 bridgehead atoms. The molecule has 0 spiro atoms. The smallest absolute Gasteiger partial charge is 0.265 e. The van der Waals surface area contributed by atoms with E-state index in [9.17, 15) is 21.6 Å². The van der Waals surface area contributed by atoms with Crippen molar-refractivity contribution in [2.75, 3.05) is 13.3 Å². The van der Waals surface area contributed by atoms with Crippen LogP contribution in [0.3, 0.4) is 0 Å². The Labute approximate surface area is 117 Å². The molecule has 10 heteroatoms. The van der Waals surface area contributed by atoms with Gasteiger partial charge in [-0.15, -0.1) is 0 Å². The van der Waals surface area contributed by atoms with E-state index in [1.54, 1.807) is 0 Å². The van der Waals surface area contributed by atoms with Crippen LogP contribution in [0.4, 0.5) is 0 Å². The number of benzene rings is 1. The van der Waals surface area contributed by atoms with Gasteiger partial charge < -0.3 is 5.73 Å². The number of primary amides is 1. The first-order valence-corrected chi connectivity index (χ1v) is 8.58. The maximum absolute atomic E-state index is 11.5. The van der Waals surface area contributed by atoms with Crippen molar-refractivity contribution in [1.82, 2.24) is 4.72 Å². The zero-order chi connectivity index (χ0) is 15.6. The minimum Gasteiger partial charge on any atom is -0.367 e. The summed E-state index contributed by atoms with van der Waals surface area (Å²) in [6.07, 6.45) is -0.723. The van der Waals surface area contributed by atoms with E-state index in [0.717, 1.165) is 6.26 Å². The van der Waals surface area contributed by atoms with Crippen LogP contribution in [0.2, 0.25) is 0 Å². The van der Waals surface area contributed by atoms with E-state index in [0.29, 0.717) is 0 Å². The summed E-state index contributed by atoms with van der Waals surface area (Å²) in [6.45, 7) is 0. The first kappa shape index (κ1) is 16.6. The molecule has 0 aromatic heterocycles. The lowest BCUT2D eigenvalue weighted by Crippen LogP contribution is -2.26. The number of hydrogen-bond acceptors (Lipinski definition) is 6. The lowest BCUT2D eigenvalue weighted by molar-refractivity contribution is -0.124. The summed E-state index contributed by atoms with van der Waals surface area (Å²) in [5.41, 5.74) is 5.20. The maximum atomic E-state index is 11.5. The van der Waals surface area contributed by atoms with Crippen LogP contribution >= 0.6 is 0 Å². The second-order valence-electron chi connectivity index (χ2n) is 3.86. The van der Waals surface area contributed by atoms with Crippen molar-refractivity contribution in [3.05, 3.63) is 29.8 Å². The molecular formula is C10H14N2O6S2. The highest BCUT2D eigenvalue weighted by Crippen LogP contribution is 2.21. The highest BCUT2D eigenvalue weighted by Gasteiger charge is 2.24. The molecule has 0 aliphatic carbocycles. The van der Waals surface area contributed by atoms with E-state index in [-0.39, 0.29) is 10.5 Å². The van der Waals surface area contributed by atoms with Crippen LogP contribution in [0.25, 0.3) is 0 Å². The number of hydrogen-bond donors (Lipinski definition) is 2. The third-order valence-electron chi connectivity index (χ3n) is 2.29. The molecule has 20 heavy (non-hydrogen) atoms. The summed E-state index contributed by atoms with van der Waals surface area (Å²) in [7, 11) is -6.26. The molecule has 1 unspecified atom stereocenters. The van der Waals surface area contributed by atoms with Crippen molar-refractivity contribution in [2.45, 2.75) is 11.0 Å². The third-order valence-corrected chi connectivity index (χ3v) is 4.26. The molecular weight excluding hydrogens is 308 g/mol. The van der Waals surface area contributed by atoms with Crippen molar-refractivity contribution >= 4 is 26.0 Å². The fourth-order valence-corrected chi connectivity index (χ4v) is 2.67. The first-order valence-electron chi connectivity index (χ1n) is 5.28. The average molecular weight is 322 g/mol. The van der Waals surface area contributed by atoms with Gasteiger partial charge in [0.15, 0.2) is 6.10 Å². The topological polar surface area (TPSA) is 133 Å². The predicted molar refractivity (Wildman–Crippen MR) is 70.6 cm³/mol. The zero-order valence-corrected chi connectivity index (χ0v) is 12.4. The van der Waals surface area contributed by atoms with Gasteiger partial charge in [-0.25, -0.2) is 13.1 Å². The second kappa shape index (κ2) is 5.87. The Balaban J connectivity index is 3.16. The predicted octanol–water partition coefficient (Wildman–Crippen LogP) is -0.903. The molecule has 1 aromatic carbocycles. The Hall–Kier alpha value is -1.49. The number of amides is 1. The Morgan fingerprint density at radius 3 is 2.05 bits per heavy atom. The summed E-state index contributed by atoms with van der Waals surface area (Å²) in [4.78, 5) is 11.2. The van der Waals surface area contributed by atoms with Gasteiger partial charge in [0.1, 0.15) is 0 Å². The Morgan fingerprint density at radius 1 is 1.20 bits per heavy atom.